The second-order valence-electron chi connectivity index (χ2n) is 7.33. The van der Waals surface area contributed by atoms with Crippen LogP contribution in [0.4, 0.5) is 0 Å². The zero-order valence-corrected chi connectivity index (χ0v) is 16.2. The minimum atomic E-state index is -0.385. The van der Waals surface area contributed by atoms with Crippen LogP contribution in [0.25, 0.3) is 0 Å². The highest BCUT2D eigenvalue weighted by molar-refractivity contribution is 5.23. The van der Waals surface area contributed by atoms with Crippen LogP contribution in [0, 0.1) is 5.92 Å². The molecule has 1 N–H and O–H groups in total. The van der Waals surface area contributed by atoms with E-state index in [4.69, 9.17) is 0 Å². The van der Waals surface area contributed by atoms with Crippen molar-refractivity contribution >= 4 is 0 Å². The van der Waals surface area contributed by atoms with Crippen LogP contribution in [0.2, 0.25) is 0 Å². The van der Waals surface area contributed by atoms with E-state index in [1.165, 1.54) is 16.7 Å². The summed E-state index contributed by atoms with van der Waals surface area (Å²) < 4.78 is 0. The summed E-state index contributed by atoms with van der Waals surface area (Å²) >= 11 is 0. The molecule has 0 aliphatic rings. The molecule has 3 atom stereocenters. The first-order chi connectivity index (χ1) is 13.1. The Morgan fingerprint density at radius 3 is 1.48 bits per heavy atom. The molecule has 0 saturated heterocycles. The average molecular weight is 360 g/mol. The number of benzene rings is 3. The molecule has 0 spiro atoms. The fourth-order valence-corrected chi connectivity index (χ4v) is 3.65. The molecular weight excluding hydrogens is 330 g/mol. The zero-order valence-electron chi connectivity index (χ0n) is 16.2. The molecule has 2 heteroatoms. The van der Waals surface area contributed by atoms with Crippen LogP contribution < -0.4 is 0 Å². The second-order valence-corrected chi connectivity index (χ2v) is 7.33. The molecule has 3 aromatic carbocycles. The molecule has 0 aromatic heterocycles. The van der Waals surface area contributed by atoms with Crippen molar-refractivity contribution in [2.45, 2.75) is 39.1 Å². The molecule has 0 saturated carbocycles. The molecular formula is C25H29NO. The Balaban J connectivity index is 1.98. The minimum absolute atomic E-state index is 0.111. The van der Waals surface area contributed by atoms with Gasteiger partial charge in [-0.25, -0.2) is 0 Å². The van der Waals surface area contributed by atoms with E-state index in [0.717, 1.165) is 13.1 Å². The second kappa shape index (κ2) is 9.50. The molecule has 0 amide bonds. The third-order valence-electron chi connectivity index (χ3n) is 5.25. The van der Waals surface area contributed by atoms with Gasteiger partial charge in [0.25, 0.3) is 0 Å². The van der Waals surface area contributed by atoms with Gasteiger partial charge < -0.3 is 5.11 Å². The van der Waals surface area contributed by atoms with E-state index in [2.05, 4.69) is 96.8 Å². The monoisotopic (exact) mass is 359 g/mol. The van der Waals surface area contributed by atoms with Crippen molar-refractivity contribution in [2.24, 2.45) is 5.92 Å². The largest absolute Gasteiger partial charge is 0.393 e. The third-order valence-corrected chi connectivity index (χ3v) is 5.25. The van der Waals surface area contributed by atoms with Gasteiger partial charge in [0.1, 0.15) is 0 Å². The molecule has 0 heterocycles. The summed E-state index contributed by atoms with van der Waals surface area (Å²) in [6.07, 6.45) is -0.385. The summed E-state index contributed by atoms with van der Waals surface area (Å²) in [5.74, 6) is 0.111. The number of aliphatic hydroxyl groups excluding tert-OH is 1. The van der Waals surface area contributed by atoms with Crippen molar-refractivity contribution in [3.8, 4) is 0 Å². The summed E-state index contributed by atoms with van der Waals surface area (Å²) in [6.45, 7) is 5.72. The molecule has 0 radical (unpaired) electrons. The summed E-state index contributed by atoms with van der Waals surface area (Å²) in [6, 6.07) is 31.9. The van der Waals surface area contributed by atoms with Crippen LogP contribution in [0.3, 0.4) is 0 Å². The van der Waals surface area contributed by atoms with Gasteiger partial charge in [0, 0.05) is 25.0 Å². The fourth-order valence-electron chi connectivity index (χ4n) is 3.65. The van der Waals surface area contributed by atoms with Crippen molar-refractivity contribution in [1.29, 1.82) is 0 Å². The Hall–Kier alpha value is -2.42. The lowest BCUT2D eigenvalue weighted by atomic mass is 9.88. The van der Waals surface area contributed by atoms with Gasteiger partial charge in [-0.2, -0.15) is 0 Å². The molecule has 3 aromatic rings. The highest BCUT2D eigenvalue weighted by Crippen LogP contribution is 2.33. The molecule has 140 valence electrons. The van der Waals surface area contributed by atoms with Crippen LogP contribution in [0.15, 0.2) is 91.0 Å². The van der Waals surface area contributed by atoms with E-state index in [9.17, 15) is 5.11 Å². The van der Waals surface area contributed by atoms with Gasteiger partial charge in [-0.1, -0.05) is 97.9 Å². The fraction of sp³-hybridized carbons (Fsp3) is 0.280. The number of aliphatic hydroxyl groups is 1. The Kier molecular flexibility index (Phi) is 6.80. The smallest absolute Gasteiger partial charge is 0.0555 e. The van der Waals surface area contributed by atoms with Gasteiger partial charge in [-0.3, -0.25) is 4.90 Å². The Morgan fingerprint density at radius 2 is 1.07 bits per heavy atom. The lowest BCUT2D eigenvalue weighted by Crippen LogP contribution is -2.36. The lowest BCUT2D eigenvalue weighted by Gasteiger charge is -2.37. The lowest BCUT2D eigenvalue weighted by molar-refractivity contribution is 0.0465. The zero-order chi connectivity index (χ0) is 19.1. The maximum absolute atomic E-state index is 10.4. The Morgan fingerprint density at radius 1 is 0.667 bits per heavy atom. The van der Waals surface area contributed by atoms with E-state index in [1.807, 2.05) is 13.0 Å². The van der Waals surface area contributed by atoms with E-state index < -0.39 is 0 Å². The van der Waals surface area contributed by atoms with Crippen molar-refractivity contribution in [1.82, 2.24) is 4.90 Å². The summed E-state index contributed by atoms with van der Waals surface area (Å²) in [7, 11) is 0. The minimum Gasteiger partial charge on any atom is -0.393 e. The predicted molar refractivity (Wildman–Crippen MR) is 112 cm³/mol. The molecule has 2 nitrogen and oxygen atoms in total. The van der Waals surface area contributed by atoms with Crippen LogP contribution in [-0.2, 0) is 13.1 Å². The normalized spacial score (nSPS) is 14.7. The van der Waals surface area contributed by atoms with Gasteiger partial charge >= 0.3 is 0 Å². The van der Waals surface area contributed by atoms with Crippen molar-refractivity contribution in [3.05, 3.63) is 108 Å². The topological polar surface area (TPSA) is 23.5 Å². The van der Waals surface area contributed by atoms with Gasteiger partial charge in [-0.15, -0.1) is 0 Å². The van der Waals surface area contributed by atoms with Gasteiger partial charge in [-0.05, 0) is 23.6 Å². The number of hydrogen-bond donors (Lipinski definition) is 1. The highest BCUT2D eigenvalue weighted by Gasteiger charge is 2.29. The first-order valence-electron chi connectivity index (χ1n) is 9.70. The third kappa shape index (κ3) is 5.29. The first kappa shape index (κ1) is 19.3. The summed E-state index contributed by atoms with van der Waals surface area (Å²) in [5, 5.41) is 10.4. The number of hydrogen-bond acceptors (Lipinski definition) is 2. The predicted octanol–water partition coefficient (Wildman–Crippen LogP) is 5.45. The average Bonchev–Trinajstić information content (AvgIpc) is 2.70. The molecule has 27 heavy (non-hydrogen) atoms. The van der Waals surface area contributed by atoms with Crippen molar-refractivity contribution in [2.75, 3.05) is 0 Å². The number of nitrogens with zero attached hydrogens (tertiary/aromatic N) is 1. The van der Waals surface area contributed by atoms with Crippen molar-refractivity contribution in [3.63, 3.8) is 0 Å². The van der Waals surface area contributed by atoms with E-state index in [1.54, 1.807) is 0 Å². The van der Waals surface area contributed by atoms with E-state index >= 15 is 0 Å². The maximum atomic E-state index is 10.4. The standard InChI is InChI=1S/C25H29NO/c1-20(21(2)27)25(24-16-10-5-11-17-24)26(18-22-12-6-3-7-13-22)19-23-14-8-4-9-15-23/h3-17,20-21,25,27H,18-19H2,1-2H3/t20-,21-,25-/m1/s1. The summed E-state index contributed by atoms with van der Waals surface area (Å²) in [4.78, 5) is 2.48. The van der Waals surface area contributed by atoms with Gasteiger partial charge in [0.2, 0.25) is 0 Å². The van der Waals surface area contributed by atoms with Gasteiger partial charge in [0.05, 0.1) is 6.10 Å². The first-order valence-corrected chi connectivity index (χ1v) is 9.70. The molecule has 0 aliphatic heterocycles. The molecule has 3 rings (SSSR count). The summed E-state index contributed by atoms with van der Waals surface area (Å²) in [5.41, 5.74) is 3.82. The van der Waals surface area contributed by atoms with E-state index in [0.29, 0.717) is 0 Å². The molecule has 0 bridgehead atoms. The number of rotatable bonds is 8. The van der Waals surface area contributed by atoms with Crippen LogP contribution in [0.1, 0.15) is 36.6 Å². The molecule has 0 unspecified atom stereocenters. The van der Waals surface area contributed by atoms with Crippen LogP contribution in [0.5, 0.6) is 0 Å². The van der Waals surface area contributed by atoms with Crippen LogP contribution >= 0.6 is 0 Å². The molecule has 0 fully saturated rings. The maximum Gasteiger partial charge on any atom is 0.0555 e. The van der Waals surface area contributed by atoms with Crippen molar-refractivity contribution < 1.29 is 5.11 Å². The highest BCUT2D eigenvalue weighted by atomic mass is 16.3. The van der Waals surface area contributed by atoms with Crippen LogP contribution in [-0.4, -0.2) is 16.1 Å². The van der Waals surface area contributed by atoms with Gasteiger partial charge in [0.15, 0.2) is 0 Å². The molecule has 0 aliphatic carbocycles. The Labute approximate surface area is 163 Å². The van der Waals surface area contributed by atoms with E-state index in [-0.39, 0.29) is 18.1 Å². The Bertz CT molecular complexity index is 745. The quantitative estimate of drug-likeness (QED) is 0.578. The SMILES string of the molecule is C[C@H]([C@@H](C)O)[C@H](c1ccccc1)N(Cc1ccccc1)Cc1ccccc1.